The maximum Gasteiger partial charge on any atom is 0.0945 e. The first kappa shape index (κ1) is 15.3. The Morgan fingerprint density at radius 1 is 1.25 bits per heavy atom. The van der Waals surface area contributed by atoms with Crippen molar-refractivity contribution in [2.45, 2.75) is 57.7 Å². The van der Waals surface area contributed by atoms with Gasteiger partial charge in [0.15, 0.2) is 0 Å². The highest BCUT2D eigenvalue weighted by atomic mass is 16.5. The summed E-state index contributed by atoms with van der Waals surface area (Å²) in [6.07, 6.45) is 7.09. The van der Waals surface area contributed by atoms with E-state index in [1.54, 1.807) is 0 Å². The first-order valence-electron chi connectivity index (χ1n) is 7.91. The molecule has 0 aromatic heterocycles. The quantitative estimate of drug-likeness (QED) is 0.803. The summed E-state index contributed by atoms with van der Waals surface area (Å²) in [5, 5.41) is 13.3. The number of aliphatic hydroxyl groups excluding tert-OH is 1. The van der Waals surface area contributed by atoms with Crippen LogP contribution in [0, 0.1) is 0 Å². The van der Waals surface area contributed by atoms with Crippen LogP contribution in [0.15, 0.2) is 24.3 Å². The Kier molecular flexibility index (Phi) is 6.34. The van der Waals surface area contributed by atoms with Crippen LogP contribution in [0.1, 0.15) is 44.6 Å². The van der Waals surface area contributed by atoms with Gasteiger partial charge in [-0.3, -0.25) is 0 Å². The third kappa shape index (κ3) is 4.80. The smallest absolute Gasteiger partial charge is 0.0945 e. The van der Waals surface area contributed by atoms with Crippen LogP contribution in [0.4, 0.5) is 5.69 Å². The lowest BCUT2D eigenvalue weighted by molar-refractivity contribution is -0.0195. The molecule has 20 heavy (non-hydrogen) atoms. The molecule has 1 aromatic carbocycles. The summed E-state index contributed by atoms with van der Waals surface area (Å²) in [4.78, 5) is 0. The van der Waals surface area contributed by atoms with Gasteiger partial charge in [-0.1, -0.05) is 44.4 Å². The van der Waals surface area contributed by atoms with Crippen LogP contribution < -0.4 is 5.32 Å². The van der Waals surface area contributed by atoms with Crippen LogP contribution in [0.25, 0.3) is 0 Å². The third-order valence-corrected chi connectivity index (χ3v) is 4.00. The molecule has 1 saturated carbocycles. The number of aryl methyl sites for hydroxylation is 1. The van der Waals surface area contributed by atoms with Gasteiger partial charge in [0.2, 0.25) is 0 Å². The molecule has 1 fully saturated rings. The van der Waals surface area contributed by atoms with Crippen LogP contribution in [0.2, 0.25) is 0 Å². The van der Waals surface area contributed by atoms with Crippen LogP contribution in [-0.2, 0) is 11.2 Å². The highest BCUT2D eigenvalue weighted by Gasteiger charge is 2.15. The molecule has 3 nitrogen and oxygen atoms in total. The van der Waals surface area contributed by atoms with Crippen LogP contribution in [0.3, 0.4) is 0 Å². The molecule has 1 aromatic rings. The molecule has 0 bridgehead atoms. The van der Waals surface area contributed by atoms with Crippen molar-refractivity contribution in [3.05, 3.63) is 29.8 Å². The van der Waals surface area contributed by atoms with Crippen molar-refractivity contribution in [3.8, 4) is 0 Å². The van der Waals surface area contributed by atoms with Gasteiger partial charge in [0.1, 0.15) is 0 Å². The summed E-state index contributed by atoms with van der Waals surface area (Å²) in [6, 6.07) is 8.25. The summed E-state index contributed by atoms with van der Waals surface area (Å²) in [6.45, 7) is 3.12. The average molecular weight is 277 g/mol. The van der Waals surface area contributed by atoms with Gasteiger partial charge in [0, 0.05) is 12.2 Å². The molecule has 1 aliphatic rings. The van der Waals surface area contributed by atoms with E-state index < -0.39 is 6.10 Å². The molecule has 0 radical (unpaired) electrons. The maximum atomic E-state index is 10.0. The van der Waals surface area contributed by atoms with Gasteiger partial charge in [-0.2, -0.15) is 0 Å². The van der Waals surface area contributed by atoms with E-state index in [-0.39, 0.29) is 0 Å². The highest BCUT2D eigenvalue weighted by Crippen LogP contribution is 2.20. The van der Waals surface area contributed by atoms with E-state index in [0.29, 0.717) is 19.3 Å². The van der Waals surface area contributed by atoms with Crippen LogP contribution in [0.5, 0.6) is 0 Å². The molecule has 112 valence electrons. The normalized spacial score (nSPS) is 17.9. The predicted molar refractivity (Wildman–Crippen MR) is 83.1 cm³/mol. The number of hydrogen-bond donors (Lipinski definition) is 2. The number of para-hydroxylation sites is 1. The Hall–Kier alpha value is -1.06. The van der Waals surface area contributed by atoms with Crippen LogP contribution >= 0.6 is 0 Å². The fourth-order valence-corrected chi connectivity index (χ4v) is 2.77. The van der Waals surface area contributed by atoms with Crippen LogP contribution in [-0.4, -0.2) is 30.5 Å². The van der Waals surface area contributed by atoms with Crippen molar-refractivity contribution in [3.63, 3.8) is 0 Å². The Morgan fingerprint density at radius 3 is 2.75 bits per heavy atom. The third-order valence-electron chi connectivity index (χ3n) is 4.00. The molecule has 0 aliphatic heterocycles. The van der Waals surface area contributed by atoms with Gasteiger partial charge >= 0.3 is 0 Å². The minimum absolute atomic E-state index is 0.362. The Bertz CT molecular complexity index is 388. The first-order chi connectivity index (χ1) is 9.79. The second kappa shape index (κ2) is 8.28. The number of anilines is 1. The zero-order valence-corrected chi connectivity index (χ0v) is 12.5. The average Bonchev–Trinajstić information content (AvgIpc) is 2.52. The maximum absolute atomic E-state index is 10.0. The van der Waals surface area contributed by atoms with E-state index >= 15 is 0 Å². The lowest BCUT2D eigenvalue weighted by atomic mass is 9.98. The summed E-state index contributed by atoms with van der Waals surface area (Å²) >= 11 is 0. The van der Waals surface area contributed by atoms with Gasteiger partial charge < -0.3 is 15.2 Å². The van der Waals surface area contributed by atoms with Crippen molar-refractivity contribution in [1.82, 2.24) is 0 Å². The standard InChI is InChI=1S/C17H27NO2/c1-2-14-8-6-7-11-17(14)18-12-15(19)13-20-16-9-4-3-5-10-16/h6-8,11,15-16,18-19H,2-5,9-10,12-13H2,1H3. The van der Waals surface area contributed by atoms with Crippen molar-refractivity contribution < 1.29 is 9.84 Å². The van der Waals surface area contributed by atoms with E-state index in [2.05, 4.69) is 24.4 Å². The van der Waals surface area contributed by atoms with Gasteiger partial charge in [0.25, 0.3) is 0 Å². The largest absolute Gasteiger partial charge is 0.389 e. The molecule has 2 rings (SSSR count). The van der Waals surface area contributed by atoms with Crippen molar-refractivity contribution >= 4 is 5.69 Å². The van der Waals surface area contributed by atoms with Crippen molar-refractivity contribution in [2.75, 3.05) is 18.5 Å². The Morgan fingerprint density at radius 2 is 2.00 bits per heavy atom. The summed E-state index contributed by atoms with van der Waals surface area (Å²) in [5.41, 5.74) is 2.40. The molecule has 2 N–H and O–H groups in total. The van der Waals surface area contributed by atoms with Gasteiger partial charge in [0.05, 0.1) is 18.8 Å². The number of nitrogens with one attached hydrogen (secondary N) is 1. The van der Waals surface area contributed by atoms with Gasteiger partial charge in [-0.25, -0.2) is 0 Å². The monoisotopic (exact) mass is 277 g/mol. The number of aliphatic hydroxyl groups is 1. The Balaban J connectivity index is 1.70. The van der Waals surface area contributed by atoms with E-state index in [9.17, 15) is 5.11 Å². The molecule has 0 heterocycles. The first-order valence-corrected chi connectivity index (χ1v) is 7.91. The summed E-state index contributed by atoms with van der Waals surface area (Å²) < 4.78 is 5.80. The summed E-state index contributed by atoms with van der Waals surface area (Å²) in [5.74, 6) is 0. The number of hydrogen-bond acceptors (Lipinski definition) is 3. The molecule has 1 aliphatic carbocycles. The molecule has 0 saturated heterocycles. The summed E-state index contributed by atoms with van der Waals surface area (Å²) in [7, 11) is 0. The zero-order chi connectivity index (χ0) is 14.2. The molecule has 0 spiro atoms. The predicted octanol–water partition coefficient (Wildman–Crippen LogP) is 3.37. The van der Waals surface area contributed by atoms with E-state index in [1.807, 2.05) is 12.1 Å². The number of ether oxygens (including phenoxy) is 1. The molecular formula is C17H27NO2. The Labute approximate surface area is 122 Å². The minimum Gasteiger partial charge on any atom is -0.389 e. The van der Waals surface area contributed by atoms with Gasteiger partial charge in [-0.05, 0) is 30.9 Å². The second-order valence-electron chi connectivity index (χ2n) is 5.64. The zero-order valence-electron chi connectivity index (χ0n) is 12.5. The number of benzene rings is 1. The fraction of sp³-hybridized carbons (Fsp3) is 0.647. The lowest BCUT2D eigenvalue weighted by Gasteiger charge is -2.23. The minimum atomic E-state index is -0.443. The van der Waals surface area contributed by atoms with E-state index in [0.717, 1.165) is 24.9 Å². The molecule has 0 amide bonds. The topological polar surface area (TPSA) is 41.5 Å². The fourth-order valence-electron chi connectivity index (χ4n) is 2.77. The van der Waals surface area contributed by atoms with E-state index in [1.165, 1.54) is 24.8 Å². The molecule has 1 unspecified atom stereocenters. The SMILES string of the molecule is CCc1ccccc1NCC(O)COC1CCCCC1. The molecule has 1 atom stereocenters. The van der Waals surface area contributed by atoms with E-state index in [4.69, 9.17) is 4.74 Å². The number of rotatable bonds is 7. The van der Waals surface area contributed by atoms with Crippen molar-refractivity contribution in [1.29, 1.82) is 0 Å². The van der Waals surface area contributed by atoms with Gasteiger partial charge in [-0.15, -0.1) is 0 Å². The second-order valence-corrected chi connectivity index (χ2v) is 5.64. The molecular weight excluding hydrogens is 250 g/mol. The molecule has 3 heteroatoms. The lowest BCUT2D eigenvalue weighted by Crippen LogP contribution is -2.28. The highest BCUT2D eigenvalue weighted by molar-refractivity contribution is 5.51. The van der Waals surface area contributed by atoms with Crippen molar-refractivity contribution in [2.24, 2.45) is 0 Å².